The highest BCUT2D eigenvalue weighted by Gasteiger charge is 2.32. The quantitative estimate of drug-likeness (QED) is 0.742. The van der Waals surface area contributed by atoms with Gasteiger partial charge in [-0.25, -0.2) is 0 Å². The third kappa shape index (κ3) is 4.10. The molecular weight excluding hydrogens is 206 g/mol. The molecule has 0 aromatic heterocycles. The van der Waals surface area contributed by atoms with E-state index in [1.807, 2.05) is 20.8 Å². The van der Waals surface area contributed by atoms with Crippen molar-refractivity contribution in [3.8, 4) is 0 Å². The topological polar surface area (TPSA) is 61.5 Å². The molecule has 1 atom stereocenters. The lowest BCUT2D eigenvalue weighted by atomic mass is 9.86. The number of carbonyl (C=O) groups excluding carboxylic acids is 1. The molecule has 16 heavy (non-hydrogen) atoms. The molecule has 0 spiro atoms. The summed E-state index contributed by atoms with van der Waals surface area (Å²) in [5, 5.41) is 0. The smallest absolute Gasteiger partial charge is 0.311 e. The maximum Gasteiger partial charge on any atom is 0.311 e. The van der Waals surface area contributed by atoms with Gasteiger partial charge in [-0.05, 0) is 39.5 Å². The molecule has 4 nitrogen and oxygen atoms in total. The highest BCUT2D eigenvalue weighted by atomic mass is 16.6. The van der Waals surface area contributed by atoms with E-state index in [-0.39, 0.29) is 11.9 Å². The predicted molar refractivity (Wildman–Crippen MR) is 61.9 cm³/mol. The number of carbonyl (C=O) groups is 1. The van der Waals surface area contributed by atoms with Crippen LogP contribution < -0.4 is 5.73 Å². The average molecular weight is 229 g/mol. The summed E-state index contributed by atoms with van der Waals surface area (Å²) in [6.45, 7) is 7.45. The Hall–Kier alpha value is -0.610. The van der Waals surface area contributed by atoms with Crippen LogP contribution in [0.25, 0.3) is 0 Å². The second kappa shape index (κ2) is 5.64. The highest BCUT2D eigenvalue weighted by Crippen LogP contribution is 2.25. The van der Waals surface area contributed by atoms with Crippen molar-refractivity contribution in [1.82, 2.24) is 0 Å². The Kier molecular flexibility index (Phi) is 4.74. The SMILES string of the molecule is CC(C)(C)OC(=O)C(CN)C1CCOCC1. The summed E-state index contributed by atoms with van der Waals surface area (Å²) in [5.41, 5.74) is 5.25. The molecule has 1 saturated heterocycles. The van der Waals surface area contributed by atoms with Crippen LogP contribution in [-0.4, -0.2) is 31.3 Å². The van der Waals surface area contributed by atoms with E-state index in [0.29, 0.717) is 12.5 Å². The number of hydrogen-bond donors (Lipinski definition) is 1. The van der Waals surface area contributed by atoms with Gasteiger partial charge in [0.15, 0.2) is 0 Å². The number of nitrogens with two attached hydrogens (primary N) is 1. The molecule has 1 aliphatic rings. The number of hydrogen-bond acceptors (Lipinski definition) is 4. The lowest BCUT2D eigenvalue weighted by molar-refractivity contribution is -0.162. The van der Waals surface area contributed by atoms with E-state index in [9.17, 15) is 4.79 Å². The molecule has 0 amide bonds. The number of ether oxygens (including phenoxy) is 2. The second-order valence-electron chi connectivity index (χ2n) is 5.33. The van der Waals surface area contributed by atoms with E-state index < -0.39 is 5.60 Å². The minimum Gasteiger partial charge on any atom is -0.460 e. The number of esters is 1. The second-order valence-corrected chi connectivity index (χ2v) is 5.33. The van der Waals surface area contributed by atoms with Crippen molar-refractivity contribution in [3.05, 3.63) is 0 Å². The lowest BCUT2D eigenvalue weighted by Gasteiger charge is -2.30. The Balaban J connectivity index is 2.55. The van der Waals surface area contributed by atoms with Crippen LogP contribution in [0.3, 0.4) is 0 Å². The first kappa shape index (κ1) is 13.5. The molecule has 0 saturated carbocycles. The number of rotatable bonds is 3. The molecule has 1 heterocycles. The Morgan fingerprint density at radius 2 is 2.00 bits per heavy atom. The molecule has 0 aromatic carbocycles. The molecular formula is C12H23NO3. The summed E-state index contributed by atoms with van der Waals surface area (Å²) < 4.78 is 10.7. The zero-order chi connectivity index (χ0) is 12.2. The molecule has 0 aliphatic carbocycles. The Bertz CT molecular complexity index is 229. The van der Waals surface area contributed by atoms with Gasteiger partial charge in [0.05, 0.1) is 5.92 Å². The molecule has 2 N–H and O–H groups in total. The minimum absolute atomic E-state index is 0.165. The van der Waals surface area contributed by atoms with Crippen LogP contribution >= 0.6 is 0 Å². The van der Waals surface area contributed by atoms with Crippen LogP contribution in [0.4, 0.5) is 0 Å². The van der Waals surface area contributed by atoms with E-state index in [0.717, 1.165) is 26.1 Å². The Labute approximate surface area is 97.5 Å². The van der Waals surface area contributed by atoms with Crippen molar-refractivity contribution >= 4 is 5.97 Å². The Morgan fingerprint density at radius 1 is 1.44 bits per heavy atom. The van der Waals surface area contributed by atoms with Crippen molar-refractivity contribution in [3.63, 3.8) is 0 Å². The van der Waals surface area contributed by atoms with Gasteiger partial charge >= 0.3 is 5.97 Å². The van der Waals surface area contributed by atoms with Crippen molar-refractivity contribution in [1.29, 1.82) is 0 Å². The normalized spacial score (nSPS) is 20.5. The summed E-state index contributed by atoms with van der Waals surface area (Å²) in [6, 6.07) is 0. The van der Waals surface area contributed by atoms with E-state index >= 15 is 0 Å². The summed E-state index contributed by atoms with van der Waals surface area (Å²) in [6.07, 6.45) is 1.81. The van der Waals surface area contributed by atoms with Gasteiger partial charge in [0, 0.05) is 19.8 Å². The fourth-order valence-corrected chi connectivity index (χ4v) is 1.98. The van der Waals surface area contributed by atoms with Crippen LogP contribution in [0.2, 0.25) is 0 Å². The van der Waals surface area contributed by atoms with Crippen molar-refractivity contribution < 1.29 is 14.3 Å². The molecule has 0 bridgehead atoms. The summed E-state index contributed by atoms with van der Waals surface area (Å²) in [7, 11) is 0. The van der Waals surface area contributed by atoms with Gasteiger partial charge < -0.3 is 15.2 Å². The lowest BCUT2D eigenvalue weighted by Crippen LogP contribution is -2.38. The highest BCUT2D eigenvalue weighted by molar-refractivity contribution is 5.73. The molecule has 94 valence electrons. The largest absolute Gasteiger partial charge is 0.460 e. The van der Waals surface area contributed by atoms with Crippen LogP contribution in [0.15, 0.2) is 0 Å². The zero-order valence-electron chi connectivity index (χ0n) is 10.5. The fraction of sp³-hybridized carbons (Fsp3) is 0.917. The third-order valence-corrected chi connectivity index (χ3v) is 2.80. The van der Waals surface area contributed by atoms with E-state index in [1.165, 1.54) is 0 Å². The zero-order valence-corrected chi connectivity index (χ0v) is 10.5. The molecule has 1 fully saturated rings. The molecule has 1 unspecified atom stereocenters. The van der Waals surface area contributed by atoms with Gasteiger partial charge in [-0.15, -0.1) is 0 Å². The Morgan fingerprint density at radius 3 is 2.44 bits per heavy atom. The van der Waals surface area contributed by atoms with Gasteiger partial charge in [-0.1, -0.05) is 0 Å². The molecule has 0 radical (unpaired) electrons. The molecule has 1 aliphatic heterocycles. The third-order valence-electron chi connectivity index (χ3n) is 2.80. The maximum absolute atomic E-state index is 11.9. The summed E-state index contributed by atoms with van der Waals surface area (Å²) in [5.74, 6) is -0.0291. The monoisotopic (exact) mass is 229 g/mol. The van der Waals surface area contributed by atoms with E-state index in [4.69, 9.17) is 15.2 Å². The van der Waals surface area contributed by atoms with Crippen molar-refractivity contribution in [2.24, 2.45) is 17.6 Å². The van der Waals surface area contributed by atoms with E-state index in [2.05, 4.69) is 0 Å². The first-order valence-electron chi connectivity index (χ1n) is 5.94. The minimum atomic E-state index is -0.435. The summed E-state index contributed by atoms with van der Waals surface area (Å²) in [4.78, 5) is 11.9. The van der Waals surface area contributed by atoms with Crippen LogP contribution in [-0.2, 0) is 14.3 Å². The van der Waals surface area contributed by atoms with Gasteiger partial charge in [0.25, 0.3) is 0 Å². The van der Waals surface area contributed by atoms with Gasteiger partial charge in [-0.3, -0.25) is 4.79 Å². The van der Waals surface area contributed by atoms with Crippen molar-refractivity contribution in [2.45, 2.75) is 39.2 Å². The van der Waals surface area contributed by atoms with Crippen LogP contribution in [0.1, 0.15) is 33.6 Å². The molecule has 0 aromatic rings. The molecule has 4 heteroatoms. The standard InChI is InChI=1S/C12H23NO3/c1-12(2,3)16-11(14)10(8-13)9-4-6-15-7-5-9/h9-10H,4-8,13H2,1-3H3. The van der Waals surface area contributed by atoms with Gasteiger partial charge in [0.2, 0.25) is 0 Å². The van der Waals surface area contributed by atoms with Crippen LogP contribution in [0, 0.1) is 11.8 Å². The van der Waals surface area contributed by atoms with Gasteiger partial charge in [0.1, 0.15) is 5.60 Å². The van der Waals surface area contributed by atoms with E-state index in [1.54, 1.807) is 0 Å². The summed E-state index contributed by atoms with van der Waals surface area (Å²) >= 11 is 0. The van der Waals surface area contributed by atoms with Crippen molar-refractivity contribution in [2.75, 3.05) is 19.8 Å². The average Bonchev–Trinajstić information content (AvgIpc) is 2.17. The molecule has 1 rings (SSSR count). The first-order valence-corrected chi connectivity index (χ1v) is 5.94. The predicted octanol–water partition coefficient (Wildman–Crippen LogP) is 1.33. The van der Waals surface area contributed by atoms with Gasteiger partial charge in [-0.2, -0.15) is 0 Å². The first-order chi connectivity index (χ1) is 7.44. The fourth-order valence-electron chi connectivity index (χ4n) is 1.98. The maximum atomic E-state index is 11.9. The van der Waals surface area contributed by atoms with Crippen LogP contribution in [0.5, 0.6) is 0 Å².